The molecule has 4 aromatic rings. The minimum Gasteiger partial charge on any atom is -0.508 e. The van der Waals surface area contributed by atoms with Crippen molar-refractivity contribution in [2.45, 2.75) is 50.7 Å². The Bertz CT molecular complexity index is 1840. The number of nitrogens with one attached hydrogen (secondary N) is 1. The molecule has 3 aliphatic rings. The lowest BCUT2D eigenvalue weighted by Gasteiger charge is -2.39. The molecule has 2 aliphatic heterocycles. The minimum absolute atomic E-state index is 0.0140. The van der Waals surface area contributed by atoms with Gasteiger partial charge in [0.05, 0.1) is 37.3 Å². The number of rotatable bonds is 5. The van der Waals surface area contributed by atoms with Crippen LogP contribution in [-0.4, -0.2) is 76.3 Å². The summed E-state index contributed by atoms with van der Waals surface area (Å²) in [4.78, 5) is 15.6. The van der Waals surface area contributed by atoms with Crippen molar-refractivity contribution in [1.29, 1.82) is 0 Å². The number of fused-ring (bicyclic) bond motifs is 3. The molecule has 0 spiro atoms. The first-order valence-electron chi connectivity index (χ1n) is 15.4. The van der Waals surface area contributed by atoms with Gasteiger partial charge in [0.25, 0.3) is 0 Å². The number of halogens is 2. The standard InChI is InChI=1S/C34H35F2N5O4/c1-3-22-25(35)8-7-20-14-21(42)15-23(27(20)22)29-28(36)30-24(16-38-29)31(41-12-13-44-18-33(2,43)17-41)40-32(39-30)45-19-34-9-4-6-26(34)37-11-5-10-34/h1,7-8,14-16,26,37,42-43H,4-6,9-13,17-19H2,2H3. The fraction of sp³-hybridized carbons (Fsp3) is 0.441. The average molecular weight is 616 g/mol. The maximum atomic E-state index is 16.8. The second-order valence-electron chi connectivity index (χ2n) is 12.8. The number of anilines is 1. The quantitative estimate of drug-likeness (QED) is 0.275. The Morgan fingerprint density at radius 3 is 2.91 bits per heavy atom. The molecule has 234 valence electrons. The number of aromatic hydroxyl groups is 1. The molecule has 3 unspecified atom stereocenters. The summed E-state index contributed by atoms with van der Waals surface area (Å²) < 4.78 is 43.5. The van der Waals surface area contributed by atoms with Crippen molar-refractivity contribution < 1.29 is 28.5 Å². The van der Waals surface area contributed by atoms with Gasteiger partial charge in [0.15, 0.2) is 5.82 Å². The summed E-state index contributed by atoms with van der Waals surface area (Å²) >= 11 is 0. The fourth-order valence-corrected chi connectivity index (χ4v) is 7.38. The Morgan fingerprint density at radius 2 is 2.07 bits per heavy atom. The van der Waals surface area contributed by atoms with Crippen LogP contribution >= 0.6 is 0 Å². The fourth-order valence-electron chi connectivity index (χ4n) is 7.38. The molecule has 4 heterocycles. The Balaban J connectivity index is 1.39. The normalized spacial score (nSPS) is 25.2. The van der Waals surface area contributed by atoms with E-state index in [1.54, 1.807) is 6.92 Å². The van der Waals surface area contributed by atoms with E-state index >= 15 is 4.39 Å². The number of hydrogen-bond acceptors (Lipinski definition) is 9. The highest BCUT2D eigenvalue weighted by atomic mass is 19.1. The minimum atomic E-state index is -1.18. The van der Waals surface area contributed by atoms with Crippen LogP contribution in [0, 0.1) is 29.4 Å². The van der Waals surface area contributed by atoms with Crippen molar-refractivity contribution in [3.8, 4) is 35.4 Å². The molecule has 1 saturated carbocycles. The summed E-state index contributed by atoms with van der Waals surface area (Å²) in [5.74, 6) is 1.13. The number of phenols is 1. The molecule has 2 aromatic heterocycles. The van der Waals surface area contributed by atoms with Crippen molar-refractivity contribution in [3.05, 3.63) is 47.7 Å². The molecule has 11 heteroatoms. The molecule has 2 aromatic carbocycles. The van der Waals surface area contributed by atoms with Crippen molar-refractivity contribution in [2.24, 2.45) is 5.41 Å². The van der Waals surface area contributed by atoms with E-state index < -0.39 is 17.2 Å². The molecule has 3 N–H and O–H groups in total. The smallest absolute Gasteiger partial charge is 0.319 e. The molecule has 1 aliphatic carbocycles. The Hall–Kier alpha value is -4.11. The lowest BCUT2D eigenvalue weighted by atomic mass is 9.76. The number of aliphatic hydroxyl groups is 1. The first kappa shape index (κ1) is 29.6. The van der Waals surface area contributed by atoms with E-state index in [-0.39, 0.29) is 58.1 Å². The molecular formula is C34H35F2N5O4. The van der Waals surface area contributed by atoms with Gasteiger partial charge >= 0.3 is 6.01 Å². The average Bonchev–Trinajstić information content (AvgIpc) is 3.36. The third-order valence-corrected chi connectivity index (χ3v) is 9.48. The van der Waals surface area contributed by atoms with Gasteiger partial charge in [-0.2, -0.15) is 9.97 Å². The van der Waals surface area contributed by atoms with Crippen LogP contribution in [0.4, 0.5) is 14.6 Å². The van der Waals surface area contributed by atoms with Crippen molar-refractivity contribution in [1.82, 2.24) is 20.3 Å². The maximum Gasteiger partial charge on any atom is 0.319 e. The number of piperidine rings is 1. The van der Waals surface area contributed by atoms with Crippen molar-refractivity contribution in [2.75, 3.05) is 44.4 Å². The van der Waals surface area contributed by atoms with Gasteiger partial charge in [0.1, 0.15) is 34.2 Å². The highest BCUT2D eigenvalue weighted by molar-refractivity contribution is 6.03. The van der Waals surface area contributed by atoms with E-state index in [9.17, 15) is 14.6 Å². The second kappa shape index (κ2) is 11.4. The number of nitrogens with zero attached hydrogens (tertiary/aromatic N) is 4. The summed E-state index contributed by atoms with van der Waals surface area (Å²) in [6, 6.07) is 5.81. The summed E-state index contributed by atoms with van der Waals surface area (Å²) in [5.41, 5.74) is -1.36. The predicted molar refractivity (Wildman–Crippen MR) is 166 cm³/mol. The van der Waals surface area contributed by atoms with Crippen LogP contribution in [0.5, 0.6) is 11.8 Å². The van der Waals surface area contributed by atoms with E-state index in [2.05, 4.69) is 21.2 Å². The number of aromatic nitrogens is 3. The van der Waals surface area contributed by atoms with Crippen LogP contribution in [0.2, 0.25) is 0 Å². The van der Waals surface area contributed by atoms with Crippen molar-refractivity contribution in [3.63, 3.8) is 0 Å². The van der Waals surface area contributed by atoms with Gasteiger partial charge in [0, 0.05) is 35.1 Å². The Kier molecular flexibility index (Phi) is 7.47. The van der Waals surface area contributed by atoms with Crippen molar-refractivity contribution >= 4 is 27.5 Å². The molecule has 3 atom stereocenters. The maximum absolute atomic E-state index is 16.8. The predicted octanol–water partition coefficient (Wildman–Crippen LogP) is 4.70. The third kappa shape index (κ3) is 5.31. The van der Waals surface area contributed by atoms with Gasteiger partial charge in [-0.25, -0.2) is 8.78 Å². The number of hydrogen-bond donors (Lipinski definition) is 3. The molecule has 0 bridgehead atoms. The number of benzene rings is 2. The molecule has 0 amide bonds. The topological polar surface area (TPSA) is 113 Å². The number of β-amino-alcohol motifs (C(OH)–C–C–N with tert-alkyl or cyclic N) is 1. The molecule has 0 radical (unpaired) electrons. The lowest BCUT2D eigenvalue weighted by Crippen LogP contribution is -2.49. The summed E-state index contributed by atoms with van der Waals surface area (Å²) in [7, 11) is 0. The van der Waals surface area contributed by atoms with E-state index in [0.717, 1.165) is 38.6 Å². The van der Waals surface area contributed by atoms with E-state index in [1.165, 1.54) is 30.5 Å². The third-order valence-electron chi connectivity index (χ3n) is 9.48. The summed E-state index contributed by atoms with van der Waals surface area (Å²) in [6.45, 7) is 4.09. The first-order chi connectivity index (χ1) is 21.7. The number of ether oxygens (including phenoxy) is 2. The SMILES string of the molecule is C#Cc1c(F)ccc2cc(O)cc(-c3ncc4c(N5CCOCC(C)(O)C5)nc(OCC56CCCNC5CCC6)nc4c3F)c12. The van der Waals surface area contributed by atoms with Crippen LogP contribution in [0.15, 0.2) is 30.5 Å². The Labute approximate surface area is 259 Å². The lowest BCUT2D eigenvalue weighted by molar-refractivity contribution is -0.0123. The number of phenolic OH excluding ortho intramolecular Hbond substituents is 1. The van der Waals surface area contributed by atoms with Crippen LogP contribution < -0.4 is 15.0 Å². The largest absolute Gasteiger partial charge is 0.508 e. The van der Waals surface area contributed by atoms with Crippen LogP contribution in [0.25, 0.3) is 32.9 Å². The zero-order valence-electron chi connectivity index (χ0n) is 25.1. The summed E-state index contributed by atoms with van der Waals surface area (Å²) in [6.07, 6.45) is 12.4. The molecule has 2 saturated heterocycles. The highest BCUT2D eigenvalue weighted by Gasteiger charge is 2.45. The zero-order valence-corrected chi connectivity index (χ0v) is 25.1. The van der Waals surface area contributed by atoms with Gasteiger partial charge in [-0.05, 0) is 62.7 Å². The van der Waals surface area contributed by atoms with E-state index in [4.69, 9.17) is 20.9 Å². The monoisotopic (exact) mass is 615 g/mol. The zero-order chi connectivity index (χ0) is 31.3. The molecule has 45 heavy (non-hydrogen) atoms. The van der Waals surface area contributed by atoms with Gasteiger partial charge in [-0.15, -0.1) is 6.42 Å². The first-order valence-corrected chi connectivity index (χ1v) is 15.4. The summed E-state index contributed by atoms with van der Waals surface area (Å²) in [5, 5.41) is 26.1. The Morgan fingerprint density at radius 1 is 1.22 bits per heavy atom. The van der Waals surface area contributed by atoms with Crippen LogP contribution in [0.1, 0.15) is 44.6 Å². The van der Waals surface area contributed by atoms with Gasteiger partial charge in [-0.1, -0.05) is 18.4 Å². The molecular weight excluding hydrogens is 580 g/mol. The van der Waals surface area contributed by atoms with Gasteiger partial charge in [-0.3, -0.25) is 4.98 Å². The van der Waals surface area contributed by atoms with E-state index in [1.807, 2.05) is 4.90 Å². The van der Waals surface area contributed by atoms with Crippen LogP contribution in [0.3, 0.4) is 0 Å². The van der Waals surface area contributed by atoms with Crippen LogP contribution in [-0.2, 0) is 4.74 Å². The highest BCUT2D eigenvalue weighted by Crippen LogP contribution is 2.45. The number of terminal acetylenes is 1. The molecule has 9 nitrogen and oxygen atoms in total. The number of pyridine rings is 1. The van der Waals surface area contributed by atoms with E-state index in [0.29, 0.717) is 42.4 Å². The van der Waals surface area contributed by atoms with Gasteiger partial charge < -0.3 is 29.9 Å². The molecule has 7 rings (SSSR count). The molecule has 3 fully saturated rings. The van der Waals surface area contributed by atoms with Gasteiger partial charge in [0.2, 0.25) is 0 Å². The second-order valence-corrected chi connectivity index (χ2v) is 12.8.